The monoisotopic (exact) mass is 1370 g/mol. The Kier molecular flexibility index (Phi) is 33.6. The predicted molar refractivity (Wildman–Crippen MR) is 326 cm³/mol. The molecule has 79 heavy (non-hydrogen) atoms. The maximum absolute atomic E-state index is 12.8. The molecule has 16 nitrogen and oxygen atoms in total. The van der Waals surface area contributed by atoms with Crippen molar-refractivity contribution in [3.8, 4) is 52.3 Å². The number of nitrogens with zero attached hydrogens (tertiary/aromatic N) is 7. The minimum atomic E-state index is -0.297. The third-order valence-electron chi connectivity index (χ3n) is 10.7. The van der Waals surface area contributed by atoms with E-state index in [1.165, 1.54) is 45.7 Å². The Balaban J connectivity index is 0. The number of phenols is 2. The zero-order valence-corrected chi connectivity index (χ0v) is 49.6. The van der Waals surface area contributed by atoms with Gasteiger partial charge in [-0.25, -0.2) is 0 Å². The Bertz CT molecular complexity index is 3660. The largest absolute Gasteiger partial charge is 2.00 e. The quantitative estimate of drug-likeness (QED) is 0.112. The summed E-state index contributed by atoms with van der Waals surface area (Å²) in [5, 5.41) is 53.3. The van der Waals surface area contributed by atoms with Gasteiger partial charge in [0.15, 0.2) is 0 Å². The summed E-state index contributed by atoms with van der Waals surface area (Å²) < 4.78 is 26.4. The maximum atomic E-state index is 12.8. The molecule has 1 unspecified atom stereocenters. The molecule has 0 saturated carbocycles. The van der Waals surface area contributed by atoms with Crippen molar-refractivity contribution in [2.75, 3.05) is 28.4 Å². The number of ether oxygens (including phenoxy) is 4. The van der Waals surface area contributed by atoms with Crippen LogP contribution in [0.5, 0.6) is 28.7 Å². The minimum absolute atomic E-state index is 0. The van der Waals surface area contributed by atoms with E-state index in [2.05, 4.69) is 69.3 Å². The van der Waals surface area contributed by atoms with E-state index in [1.54, 1.807) is 87.9 Å². The second-order valence-corrected chi connectivity index (χ2v) is 22.1. The van der Waals surface area contributed by atoms with Gasteiger partial charge < -0.3 is 52.8 Å². The fourth-order valence-electron chi connectivity index (χ4n) is 7.23. The molecule has 0 amide bonds. The molecular weight excluding hydrogens is 1320 g/mol. The SMILES string of the molecule is BrB(Br)Br.C.C.C.C.COc1ccc(-n2cc(Br)c3cc(OC)ccc3c2=O)cc1.COc1ccc2c(=O)n(C3=CCC(OC)C=C3)cc(C#N)c2c1.N#Cc1cn(-c2ccc(O)cc2)c(=O)c2ccc(O)cc12.[C-]#N.[C-]#N.[Zn+2]. The predicted octanol–water partition coefficient (Wildman–Crippen LogP) is 13.6. The summed E-state index contributed by atoms with van der Waals surface area (Å²) in [6.45, 7) is 9.50. The first-order valence-electron chi connectivity index (χ1n) is 21.2. The molecule has 0 bridgehead atoms. The second-order valence-electron chi connectivity index (χ2n) is 14.8. The molecule has 2 N–H and O–H groups in total. The van der Waals surface area contributed by atoms with Crippen LogP contribution in [0.1, 0.15) is 47.3 Å². The van der Waals surface area contributed by atoms with E-state index in [0.29, 0.717) is 50.4 Å². The maximum Gasteiger partial charge on any atom is 2.00 e. The van der Waals surface area contributed by atoms with Gasteiger partial charge in [0.1, 0.15) is 40.9 Å². The molecule has 0 radical (unpaired) electrons. The number of halogens is 4. The summed E-state index contributed by atoms with van der Waals surface area (Å²) in [6, 6.07) is 32.5. The van der Waals surface area contributed by atoms with E-state index >= 15 is 0 Å². The van der Waals surface area contributed by atoms with Crippen molar-refractivity contribution in [1.82, 2.24) is 13.7 Å². The van der Waals surface area contributed by atoms with Gasteiger partial charge in [0, 0.05) is 79.6 Å². The summed E-state index contributed by atoms with van der Waals surface area (Å²) in [5.74, 6) is 2.18. The number of allylic oxidation sites excluding steroid dienone is 2. The van der Waals surface area contributed by atoms with E-state index in [1.807, 2.05) is 54.6 Å². The number of hydrogen-bond acceptors (Lipinski definition) is 13. The molecule has 8 aromatic rings. The molecule has 0 aliphatic heterocycles. The third-order valence-corrected chi connectivity index (χ3v) is 11.4. The number of benzene rings is 5. The average Bonchev–Trinajstić information content (AvgIpc) is 3.43. The average molecular weight is 1380 g/mol. The van der Waals surface area contributed by atoms with Gasteiger partial charge in [0.25, 0.3) is 16.7 Å². The van der Waals surface area contributed by atoms with Gasteiger partial charge in [0.2, 0.25) is 0 Å². The van der Waals surface area contributed by atoms with Crippen molar-refractivity contribution in [2.24, 2.45) is 0 Å². The van der Waals surface area contributed by atoms with Gasteiger partial charge >= 0.3 is 22.7 Å². The van der Waals surface area contributed by atoms with Crippen LogP contribution in [0.3, 0.4) is 0 Å². The van der Waals surface area contributed by atoms with Crippen molar-refractivity contribution in [2.45, 2.75) is 42.2 Å². The number of nitriles is 2. The van der Waals surface area contributed by atoms with Crippen LogP contribution in [-0.4, -0.2) is 61.6 Å². The summed E-state index contributed by atoms with van der Waals surface area (Å²) in [4.78, 5) is 38.0. The van der Waals surface area contributed by atoms with Crippen LogP contribution < -0.4 is 30.9 Å². The van der Waals surface area contributed by atoms with Gasteiger partial charge in [-0.1, -0.05) is 41.9 Å². The summed E-state index contributed by atoms with van der Waals surface area (Å²) in [5.41, 5.74) is 2.26. The molecule has 22 heteroatoms. The number of hydrogen-bond donors (Lipinski definition) is 2. The van der Waals surface area contributed by atoms with Crippen LogP contribution in [0.25, 0.3) is 49.4 Å². The normalized spacial score (nSPS) is 11.1. The molecule has 0 saturated heterocycles. The molecule has 0 spiro atoms. The summed E-state index contributed by atoms with van der Waals surface area (Å²) in [7, 11) is 6.42. The van der Waals surface area contributed by atoms with Crippen molar-refractivity contribution in [3.63, 3.8) is 0 Å². The Morgan fingerprint density at radius 3 is 1.38 bits per heavy atom. The van der Waals surface area contributed by atoms with Gasteiger partial charge in [-0.05, 0) is 132 Å². The zero-order valence-electron chi connectivity index (χ0n) is 40.2. The molecular formula is C57H56BBr4N7O9Zn. The molecule has 1 aliphatic rings. The van der Waals surface area contributed by atoms with Crippen LogP contribution in [0.4, 0.5) is 0 Å². The van der Waals surface area contributed by atoms with Crippen molar-refractivity contribution >= 4 is 104 Å². The molecule has 1 atom stereocenters. The van der Waals surface area contributed by atoms with E-state index in [0.717, 1.165) is 32.7 Å². The Labute approximate surface area is 506 Å². The van der Waals surface area contributed by atoms with Crippen molar-refractivity contribution < 1.29 is 48.6 Å². The number of methoxy groups -OCH3 is 4. The fourth-order valence-corrected chi connectivity index (χ4v) is 7.77. The topological polar surface area (TPSA) is 239 Å². The van der Waals surface area contributed by atoms with Crippen LogP contribution in [0.15, 0.2) is 159 Å². The van der Waals surface area contributed by atoms with Gasteiger partial charge in [-0.3, -0.25) is 28.1 Å². The molecule has 406 valence electrons. The first-order chi connectivity index (χ1) is 35.6. The van der Waals surface area contributed by atoms with Crippen molar-refractivity contribution in [3.05, 3.63) is 200 Å². The van der Waals surface area contributed by atoms with E-state index in [9.17, 15) is 35.1 Å². The van der Waals surface area contributed by atoms with Crippen LogP contribution in [-0.2, 0) is 24.2 Å². The van der Waals surface area contributed by atoms with E-state index in [4.69, 9.17) is 42.6 Å². The molecule has 1 aliphatic carbocycles. The molecule has 3 heterocycles. The Hall–Kier alpha value is -7.26. The van der Waals surface area contributed by atoms with E-state index in [-0.39, 0.29) is 92.2 Å². The first-order valence-corrected chi connectivity index (χ1v) is 24.7. The van der Waals surface area contributed by atoms with Crippen molar-refractivity contribution in [1.29, 1.82) is 21.0 Å². The molecule has 3 aromatic heterocycles. The fraction of sp³-hybridized carbons (Fsp3) is 0.175. The molecule has 9 rings (SSSR count). The second kappa shape index (κ2) is 36.0. The van der Waals surface area contributed by atoms with Crippen LogP contribution >= 0.6 is 63.2 Å². The Morgan fingerprint density at radius 1 is 0.557 bits per heavy atom. The molecule has 0 fully saturated rings. The van der Waals surface area contributed by atoms with Gasteiger partial charge in [-0.2, -0.15) is 10.5 Å². The van der Waals surface area contributed by atoms with Crippen LogP contribution in [0, 0.1) is 46.3 Å². The standard InChI is InChI=1S/C18H16N2O3.C17H14BrNO3.C16H10N2O3.2CN.4CH4.BBr3.Zn/c1-22-14-5-3-13(4-6-14)20-11-12(10-19)17-9-15(23-2)7-8-16(17)18(20)21;1-21-12-5-3-11(4-6-12)19-10-16(18)15-9-13(22-2)7-8-14(15)17(19)20;17-8-10-9-18(11-1-3-12(19)4-2-11)16(21)14-6-5-13(20)7-15(10)14;2*1-2;;;;;2-1(3)4;/h3-5,7-9,11,14H,6H2,1-2H3;3-10H,1-2H3;1-7,9,19-20H;;;4*1H4;;/q;;;2*-1;;;;;;+2. The smallest absolute Gasteiger partial charge is 0.512 e. The van der Waals surface area contributed by atoms with Gasteiger partial charge in [0.05, 0.1) is 38.6 Å². The van der Waals surface area contributed by atoms with Crippen LogP contribution in [0.2, 0.25) is 0 Å². The minimum Gasteiger partial charge on any atom is -0.512 e. The summed E-state index contributed by atoms with van der Waals surface area (Å²) >= 11 is 12.8. The number of fused-ring (bicyclic) bond motifs is 3. The third kappa shape index (κ3) is 18.7. The summed E-state index contributed by atoms with van der Waals surface area (Å²) in [6.07, 6.45) is 11.2. The number of aromatic nitrogens is 3. The zero-order chi connectivity index (χ0) is 54.6. The number of aromatic hydroxyl groups is 2. The number of pyridine rings is 3. The van der Waals surface area contributed by atoms with Gasteiger partial charge in [-0.15, -0.1) is 47.3 Å². The number of phenolic OH excluding ortho intramolecular Hbond substituents is 2. The molecule has 5 aromatic carbocycles. The van der Waals surface area contributed by atoms with E-state index < -0.39 is 0 Å². The number of rotatable bonds is 7. The Morgan fingerprint density at radius 2 is 0.937 bits per heavy atom. The first kappa shape index (κ1) is 73.8.